The third-order valence-electron chi connectivity index (χ3n) is 1.89. The Morgan fingerprint density at radius 2 is 2.06 bits per heavy atom. The van der Waals surface area contributed by atoms with Crippen LogP contribution >= 0.6 is 11.6 Å². The number of methoxy groups -OCH3 is 1. The van der Waals surface area contributed by atoms with Crippen molar-refractivity contribution in [2.75, 3.05) is 19.6 Å². The number of hydrogen-bond acceptors (Lipinski definition) is 3. The first-order valence-electron chi connectivity index (χ1n) is 5.11. The van der Waals surface area contributed by atoms with Gasteiger partial charge < -0.3 is 9.47 Å². The first-order chi connectivity index (χ1) is 8.26. The minimum absolute atomic E-state index is 0.0895. The van der Waals surface area contributed by atoms with Crippen LogP contribution in [0.15, 0.2) is 24.3 Å². The van der Waals surface area contributed by atoms with Gasteiger partial charge >= 0.3 is 5.97 Å². The Bertz CT molecular complexity index is 415. The van der Waals surface area contributed by atoms with E-state index in [1.807, 2.05) is 12.1 Å². The molecule has 0 unspecified atom stereocenters. The lowest BCUT2D eigenvalue weighted by Gasteiger charge is -2.03. The molecule has 0 aromatic heterocycles. The van der Waals surface area contributed by atoms with Gasteiger partial charge in [-0.2, -0.15) is 0 Å². The van der Waals surface area contributed by atoms with Crippen molar-refractivity contribution in [1.29, 1.82) is 0 Å². The van der Waals surface area contributed by atoms with Crippen LogP contribution in [0.3, 0.4) is 0 Å². The highest BCUT2D eigenvalue weighted by molar-refractivity contribution is 6.18. The van der Waals surface area contributed by atoms with Gasteiger partial charge in [0.25, 0.3) is 0 Å². The minimum Gasteiger partial charge on any atom is -0.482 e. The Morgan fingerprint density at radius 1 is 1.35 bits per heavy atom. The second kappa shape index (κ2) is 7.59. The van der Waals surface area contributed by atoms with Crippen molar-refractivity contribution in [2.24, 2.45) is 0 Å². The van der Waals surface area contributed by atoms with Crippen molar-refractivity contribution in [3.05, 3.63) is 29.8 Å². The molecule has 4 heteroatoms. The van der Waals surface area contributed by atoms with E-state index in [1.165, 1.54) is 7.11 Å². The summed E-state index contributed by atoms with van der Waals surface area (Å²) < 4.78 is 9.66. The molecular weight excluding hydrogens is 240 g/mol. The summed E-state index contributed by atoms with van der Waals surface area (Å²) in [5.74, 6) is 6.64. The van der Waals surface area contributed by atoms with E-state index in [-0.39, 0.29) is 6.61 Å². The first-order valence-corrected chi connectivity index (χ1v) is 5.64. The zero-order chi connectivity index (χ0) is 12.5. The number of hydrogen-bond donors (Lipinski definition) is 0. The molecule has 0 bridgehead atoms. The average Bonchev–Trinajstić information content (AvgIpc) is 2.37. The topological polar surface area (TPSA) is 35.5 Å². The van der Waals surface area contributed by atoms with Gasteiger partial charge in [0.2, 0.25) is 0 Å². The standard InChI is InChI=1S/C13H13ClO3/c1-16-13(15)10-17-12-7-5-11(6-8-12)4-2-3-9-14/h5-8H,3,9-10H2,1H3. The molecule has 1 aromatic rings. The summed E-state index contributed by atoms with van der Waals surface area (Å²) in [7, 11) is 1.32. The van der Waals surface area contributed by atoms with Crippen molar-refractivity contribution in [1.82, 2.24) is 0 Å². The molecule has 1 rings (SSSR count). The maximum Gasteiger partial charge on any atom is 0.343 e. The average molecular weight is 253 g/mol. The van der Waals surface area contributed by atoms with Crippen LogP contribution in [-0.2, 0) is 9.53 Å². The van der Waals surface area contributed by atoms with E-state index in [0.29, 0.717) is 18.1 Å². The van der Waals surface area contributed by atoms with Gasteiger partial charge in [-0.1, -0.05) is 11.8 Å². The molecule has 0 aliphatic rings. The van der Waals surface area contributed by atoms with Crippen LogP contribution in [0, 0.1) is 11.8 Å². The van der Waals surface area contributed by atoms with Crippen LogP contribution in [0.25, 0.3) is 0 Å². The molecule has 0 amide bonds. The molecular formula is C13H13ClO3. The fraction of sp³-hybridized carbons (Fsp3) is 0.308. The molecule has 0 radical (unpaired) electrons. The molecule has 0 saturated carbocycles. The third-order valence-corrected chi connectivity index (χ3v) is 2.08. The third kappa shape index (κ3) is 5.28. The van der Waals surface area contributed by atoms with Crippen LogP contribution in [-0.4, -0.2) is 25.6 Å². The molecule has 0 aliphatic heterocycles. The van der Waals surface area contributed by atoms with Crippen LogP contribution in [0.4, 0.5) is 0 Å². The Hall–Kier alpha value is -1.66. The SMILES string of the molecule is COC(=O)COc1ccc(C#CCCCl)cc1. The fourth-order valence-corrected chi connectivity index (χ4v) is 1.14. The molecule has 90 valence electrons. The van der Waals surface area contributed by atoms with E-state index in [9.17, 15) is 4.79 Å². The van der Waals surface area contributed by atoms with Crippen LogP contribution in [0.2, 0.25) is 0 Å². The lowest BCUT2D eigenvalue weighted by atomic mass is 10.2. The van der Waals surface area contributed by atoms with Gasteiger partial charge in [-0.15, -0.1) is 11.6 Å². The highest BCUT2D eigenvalue weighted by atomic mass is 35.5. The first kappa shape index (κ1) is 13.4. The lowest BCUT2D eigenvalue weighted by molar-refractivity contribution is -0.142. The van der Waals surface area contributed by atoms with E-state index in [4.69, 9.17) is 16.3 Å². The second-order valence-corrected chi connectivity index (χ2v) is 3.51. The maximum absolute atomic E-state index is 10.8. The predicted molar refractivity (Wildman–Crippen MR) is 66.2 cm³/mol. The zero-order valence-corrected chi connectivity index (χ0v) is 10.3. The lowest BCUT2D eigenvalue weighted by Crippen LogP contribution is -2.12. The number of carbonyl (C=O) groups is 1. The number of rotatable bonds is 4. The Balaban J connectivity index is 2.51. The fourth-order valence-electron chi connectivity index (χ4n) is 1.05. The molecule has 0 heterocycles. The number of benzene rings is 1. The van der Waals surface area contributed by atoms with Gasteiger partial charge in [0, 0.05) is 17.9 Å². The zero-order valence-electron chi connectivity index (χ0n) is 9.53. The summed E-state index contributed by atoms with van der Waals surface area (Å²) in [6.07, 6.45) is 0.669. The largest absolute Gasteiger partial charge is 0.482 e. The summed E-state index contributed by atoms with van der Waals surface area (Å²) >= 11 is 5.51. The molecule has 1 aromatic carbocycles. The van der Waals surface area contributed by atoms with Crippen molar-refractivity contribution in [2.45, 2.75) is 6.42 Å². The monoisotopic (exact) mass is 252 g/mol. The van der Waals surface area contributed by atoms with Crippen molar-refractivity contribution in [3.63, 3.8) is 0 Å². The molecule has 0 saturated heterocycles. The number of alkyl halides is 1. The molecule has 0 fully saturated rings. The number of halogens is 1. The molecule has 0 spiro atoms. The number of esters is 1. The normalized spacial score (nSPS) is 9.06. The number of carbonyl (C=O) groups excluding carboxylic acids is 1. The van der Waals surface area contributed by atoms with E-state index in [0.717, 1.165) is 5.56 Å². The Morgan fingerprint density at radius 3 is 2.65 bits per heavy atom. The van der Waals surface area contributed by atoms with Crippen LogP contribution < -0.4 is 4.74 Å². The molecule has 3 nitrogen and oxygen atoms in total. The van der Waals surface area contributed by atoms with Gasteiger partial charge in [-0.05, 0) is 24.3 Å². The number of ether oxygens (including phenoxy) is 2. The highest BCUT2D eigenvalue weighted by Gasteiger charge is 2.00. The van der Waals surface area contributed by atoms with Gasteiger partial charge in [0.15, 0.2) is 6.61 Å². The maximum atomic E-state index is 10.8. The van der Waals surface area contributed by atoms with Gasteiger partial charge in [0.05, 0.1) is 7.11 Å². The summed E-state index contributed by atoms with van der Waals surface area (Å²) in [4.78, 5) is 10.8. The van der Waals surface area contributed by atoms with Gasteiger partial charge in [-0.25, -0.2) is 4.79 Å². The van der Waals surface area contributed by atoms with Crippen LogP contribution in [0.1, 0.15) is 12.0 Å². The van der Waals surface area contributed by atoms with Crippen molar-refractivity contribution in [3.8, 4) is 17.6 Å². The summed E-state index contributed by atoms with van der Waals surface area (Å²) in [6, 6.07) is 7.17. The summed E-state index contributed by atoms with van der Waals surface area (Å²) in [5, 5.41) is 0. The second-order valence-electron chi connectivity index (χ2n) is 3.13. The minimum atomic E-state index is -0.406. The van der Waals surface area contributed by atoms with Crippen LogP contribution in [0.5, 0.6) is 5.75 Å². The predicted octanol–water partition coefficient (Wildman–Crippen LogP) is 2.22. The van der Waals surface area contributed by atoms with E-state index in [1.54, 1.807) is 12.1 Å². The summed E-state index contributed by atoms with van der Waals surface area (Å²) in [5.41, 5.74) is 0.889. The Labute approximate surface area is 106 Å². The molecule has 0 atom stereocenters. The van der Waals surface area contributed by atoms with E-state index in [2.05, 4.69) is 16.6 Å². The quantitative estimate of drug-likeness (QED) is 0.468. The highest BCUT2D eigenvalue weighted by Crippen LogP contribution is 2.11. The van der Waals surface area contributed by atoms with E-state index < -0.39 is 5.97 Å². The Kier molecular flexibility index (Phi) is 5.98. The molecule has 0 N–H and O–H groups in total. The summed E-state index contributed by atoms with van der Waals surface area (Å²) in [6.45, 7) is -0.0895. The molecule has 17 heavy (non-hydrogen) atoms. The smallest absolute Gasteiger partial charge is 0.343 e. The van der Waals surface area contributed by atoms with Gasteiger partial charge in [0.1, 0.15) is 5.75 Å². The van der Waals surface area contributed by atoms with Gasteiger partial charge in [-0.3, -0.25) is 0 Å². The van der Waals surface area contributed by atoms with Crippen molar-refractivity contribution < 1.29 is 14.3 Å². The molecule has 0 aliphatic carbocycles. The van der Waals surface area contributed by atoms with Crippen molar-refractivity contribution >= 4 is 17.6 Å². The van der Waals surface area contributed by atoms with E-state index >= 15 is 0 Å².